The van der Waals surface area contributed by atoms with Crippen molar-refractivity contribution < 1.29 is 14.3 Å². The van der Waals surface area contributed by atoms with Crippen molar-refractivity contribution in [2.45, 2.75) is 13.1 Å². The first kappa shape index (κ1) is 15.1. The molecule has 0 radical (unpaired) electrons. The third kappa shape index (κ3) is 3.91. The number of ether oxygens (including phenoxy) is 1. The van der Waals surface area contributed by atoms with Gasteiger partial charge in [-0.3, -0.25) is 9.59 Å². The average molecular weight is 313 g/mol. The van der Waals surface area contributed by atoms with Crippen LogP contribution in [0.25, 0.3) is 0 Å². The predicted octanol–water partition coefficient (Wildman–Crippen LogP) is 1.03. The van der Waals surface area contributed by atoms with Gasteiger partial charge in [0.05, 0.1) is 0 Å². The van der Waals surface area contributed by atoms with Crippen LogP contribution in [0.2, 0.25) is 0 Å². The maximum Gasteiger partial charge on any atom is 0.260 e. The molecule has 3 rings (SSSR count). The molecule has 6 nitrogen and oxygen atoms in total. The van der Waals surface area contributed by atoms with E-state index in [1.807, 2.05) is 48.8 Å². The first-order valence-electron chi connectivity index (χ1n) is 7.58. The lowest BCUT2D eigenvalue weighted by Gasteiger charge is -2.20. The highest BCUT2D eigenvalue weighted by atomic mass is 16.5. The number of amides is 2. The molecule has 2 aromatic rings. The Balaban J connectivity index is 1.51. The lowest BCUT2D eigenvalue weighted by molar-refractivity contribution is -0.133. The molecule has 1 aliphatic heterocycles. The van der Waals surface area contributed by atoms with Gasteiger partial charge in [0.2, 0.25) is 5.91 Å². The van der Waals surface area contributed by atoms with Gasteiger partial charge in [0, 0.05) is 37.6 Å². The van der Waals surface area contributed by atoms with Gasteiger partial charge >= 0.3 is 0 Å². The van der Waals surface area contributed by atoms with Crippen LogP contribution in [-0.2, 0) is 22.7 Å². The van der Waals surface area contributed by atoms with Crippen molar-refractivity contribution >= 4 is 11.8 Å². The van der Waals surface area contributed by atoms with Gasteiger partial charge in [-0.1, -0.05) is 18.2 Å². The number of nitrogens with one attached hydrogen (secondary N) is 1. The maximum absolute atomic E-state index is 12.1. The summed E-state index contributed by atoms with van der Waals surface area (Å²) in [6.07, 6.45) is 3.68. The van der Waals surface area contributed by atoms with Gasteiger partial charge in [-0.05, 0) is 18.2 Å². The van der Waals surface area contributed by atoms with Crippen molar-refractivity contribution in [2.24, 2.45) is 0 Å². The Morgan fingerprint density at radius 2 is 1.96 bits per heavy atom. The molecule has 0 saturated heterocycles. The topological polar surface area (TPSA) is 63.6 Å². The Labute approximate surface area is 134 Å². The summed E-state index contributed by atoms with van der Waals surface area (Å²) in [7, 11) is 0. The number of hydrogen-bond donors (Lipinski definition) is 1. The van der Waals surface area contributed by atoms with E-state index in [4.69, 9.17) is 4.74 Å². The van der Waals surface area contributed by atoms with Crippen molar-refractivity contribution in [2.75, 3.05) is 19.7 Å². The van der Waals surface area contributed by atoms with Crippen LogP contribution >= 0.6 is 0 Å². The predicted molar refractivity (Wildman–Crippen MR) is 84.8 cm³/mol. The summed E-state index contributed by atoms with van der Waals surface area (Å²) in [4.78, 5) is 25.6. The van der Waals surface area contributed by atoms with Crippen molar-refractivity contribution in [1.82, 2.24) is 14.8 Å². The Kier molecular flexibility index (Phi) is 4.61. The first-order chi connectivity index (χ1) is 11.2. The van der Waals surface area contributed by atoms with E-state index in [0.29, 0.717) is 19.6 Å². The summed E-state index contributed by atoms with van der Waals surface area (Å²) in [5, 5.41) is 2.84. The van der Waals surface area contributed by atoms with E-state index < -0.39 is 0 Å². The lowest BCUT2D eigenvalue weighted by Crippen LogP contribution is -2.39. The van der Waals surface area contributed by atoms with Gasteiger partial charge in [0.25, 0.3) is 5.91 Å². The van der Waals surface area contributed by atoms with E-state index in [0.717, 1.165) is 11.3 Å². The van der Waals surface area contributed by atoms with Crippen LogP contribution < -0.4 is 10.1 Å². The van der Waals surface area contributed by atoms with Crippen LogP contribution in [0.3, 0.4) is 0 Å². The summed E-state index contributed by atoms with van der Waals surface area (Å²) in [6.45, 7) is 1.71. The fourth-order valence-corrected chi connectivity index (χ4v) is 2.53. The number of carbonyl (C=O) groups is 2. The monoisotopic (exact) mass is 313 g/mol. The summed E-state index contributed by atoms with van der Waals surface area (Å²) >= 11 is 0. The molecule has 2 heterocycles. The fourth-order valence-electron chi connectivity index (χ4n) is 2.53. The molecule has 23 heavy (non-hydrogen) atoms. The highest BCUT2D eigenvalue weighted by Crippen LogP contribution is 2.22. The molecule has 0 bridgehead atoms. The smallest absolute Gasteiger partial charge is 0.260 e. The minimum Gasteiger partial charge on any atom is -0.483 e. The Hall–Kier alpha value is -2.76. The van der Waals surface area contributed by atoms with Crippen LogP contribution in [0.5, 0.6) is 5.75 Å². The summed E-state index contributed by atoms with van der Waals surface area (Å²) < 4.78 is 7.31. The van der Waals surface area contributed by atoms with Crippen molar-refractivity contribution in [3.63, 3.8) is 0 Å². The van der Waals surface area contributed by atoms with E-state index in [1.165, 1.54) is 0 Å². The molecule has 0 spiro atoms. The number of hydrogen-bond acceptors (Lipinski definition) is 3. The molecular weight excluding hydrogens is 294 g/mol. The van der Waals surface area contributed by atoms with Crippen molar-refractivity contribution in [1.29, 1.82) is 0 Å². The number of rotatable bonds is 5. The SMILES string of the molecule is O=C(Cn1cccc1)NCCN1Cc2ccccc2OCC1=O. The number of fused-ring (bicyclic) bond motifs is 1. The molecule has 0 saturated carbocycles. The Morgan fingerprint density at radius 3 is 2.78 bits per heavy atom. The maximum atomic E-state index is 12.1. The quantitative estimate of drug-likeness (QED) is 0.896. The summed E-state index contributed by atoms with van der Waals surface area (Å²) in [6, 6.07) is 11.4. The van der Waals surface area contributed by atoms with Gasteiger partial charge in [-0.15, -0.1) is 0 Å². The number of aromatic nitrogens is 1. The van der Waals surface area contributed by atoms with E-state index in [-0.39, 0.29) is 25.0 Å². The zero-order valence-corrected chi connectivity index (χ0v) is 12.8. The van der Waals surface area contributed by atoms with E-state index in [2.05, 4.69) is 5.32 Å². The van der Waals surface area contributed by atoms with Crippen molar-refractivity contribution in [3.05, 3.63) is 54.4 Å². The van der Waals surface area contributed by atoms with Crippen LogP contribution in [-0.4, -0.2) is 41.0 Å². The largest absolute Gasteiger partial charge is 0.483 e. The van der Waals surface area contributed by atoms with Gasteiger partial charge < -0.3 is 19.5 Å². The second-order valence-corrected chi connectivity index (χ2v) is 5.42. The number of carbonyl (C=O) groups excluding carboxylic acids is 2. The molecule has 1 aliphatic rings. The number of benzene rings is 1. The molecule has 1 aromatic heterocycles. The van der Waals surface area contributed by atoms with Crippen LogP contribution in [0.1, 0.15) is 5.56 Å². The van der Waals surface area contributed by atoms with E-state index in [9.17, 15) is 9.59 Å². The van der Waals surface area contributed by atoms with Gasteiger partial charge in [0.1, 0.15) is 12.3 Å². The average Bonchev–Trinajstić information content (AvgIpc) is 2.99. The van der Waals surface area contributed by atoms with Crippen molar-refractivity contribution in [3.8, 4) is 5.75 Å². The second-order valence-electron chi connectivity index (χ2n) is 5.42. The number of nitrogens with zero attached hydrogens (tertiary/aromatic N) is 2. The molecule has 1 aromatic carbocycles. The zero-order chi connectivity index (χ0) is 16.1. The Morgan fingerprint density at radius 1 is 1.17 bits per heavy atom. The van der Waals surface area contributed by atoms with Gasteiger partial charge in [0.15, 0.2) is 6.61 Å². The third-order valence-electron chi connectivity index (χ3n) is 3.73. The number of para-hydroxylation sites is 1. The summed E-state index contributed by atoms with van der Waals surface area (Å²) in [5.74, 6) is 0.612. The zero-order valence-electron chi connectivity index (χ0n) is 12.8. The normalized spacial score (nSPS) is 13.9. The van der Waals surface area contributed by atoms with E-state index in [1.54, 1.807) is 9.47 Å². The minimum atomic E-state index is -0.0693. The second kappa shape index (κ2) is 7.00. The summed E-state index contributed by atoms with van der Waals surface area (Å²) in [5.41, 5.74) is 0.983. The van der Waals surface area contributed by atoms with Crippen LogP contribution in [0.4, 0.5) is 0 Å². The molecule has 1 N–H and O–H groups in total. The fraction of sp³-hybridized carbons (Fsp3) is 0.294. The lowest BCUT2D eigenvalue weighted by atomic mass is 10.2. The molecule has 2 amide bonds. The van der Waals surface area contributed by atoms with Crippen LogP contribution in [0.15, 0.2) is 48.8 Å². The minimum absolute atomic E-state index is 0.0360. The van der Waals surface area contributed by atoms with Gasteiger partial charge in [-0.2, -0.15) is 0 Å². The van der Waals surface area contributed by atoms with Gasteiger partial charge in [-0.25, -0.2) is 0 Å². The third-order valence-corrected chi connectivity index (χ3v) is 3.73. The molecule has 0 atom stereocenters. The van der Waals surface area contributed by atoms with Crippen LogP contribution in [0, 0.1) is 0 Å². The molecule has 0 unspecified atom stereocenters. The molecule has 0 aliphatic carbocycles. The molecular formula is C17H19N3O3. The van der Waals surface area contributed by atoms with E-state index >= 15 is 0 Å². The Bertz CT molecular complexity index is 682. The molecule has 6 heteroatoms. The first-order valence-corrected chi connectivity index (χ1v) is 7.58. The highest BCUT2D eigenvalue weighted by Gasteiger charge is 2.20. The molecule has 0 fully saturated rings. The highest BCUT2D eigenvalue weighted by molar-refractivity contribution is 5.79. The standard InChI is InChI=1S/C17H19N3O3/c21-16(12-19-8-3-4-9-19)18-7-10-20-11-14-5-1-2-6-15(14)23-13-17(20)22/h1-6,8-9H,7,10-13H2,(H,18,21). The molecule has 120 valence electrons.